The van der Waals surface area contributed by atoms with E-state index >= 15 is 0 Å². The number of halogens is 1. The van der Waals surface area contributed by atoms with Gasteiger partial charge in [0.15, 0.2) is 0 Å². The molecule has 1 aromatic heterocycles. The van der Waals surface area contributed by atoms with Gasteiger partial charge in [0, 0.05) is 30.2 Å². The number of likely N-dealkylation sites (tertiary alicyclic amines) is 2. The van der Waals surface area contributed by atoms with Crippen LogP contribution in [0.1, 0.15) is 49.1 Å². The van der Waals surface area contributed by atoms with Crippen LogP contribution in [0.15, 0.2) is 53.1 Å². The molecule has 190 valence electrons. The molecule has 8 heteroatoms. The van der Waals surface area contributed by atoms with E-state index in [9.17, 15) is 4.79 Å². The van der Waals surface area contributed by atoms with E-state index in [1.54, 1.807) is 0 Å². The maximum atomic E-state index is 13.0. The van der Waals surface area contributed by atoms with Crippen LogP contribution in [0, 0.1) is 5.92 Å². The van der Waals surface area contributed by atoms with E-state index in [0.717, 1.165) is 37.1 Å². The first-order valence-electron chi connectivity index (χ1n) is 13.0. The van der Waals surface area contributed by atoms with Crippen LogP contribution in [-0.4, -0.2) is 52.0 Å². The Morgan fingerprint density at radius 2 is 1.75 bits per heavy atom. The Bertz CT molecular complexity index is 1140. The molecule has 1 N–H and O–H groups in total. The zero-order valence-electron chi connectivity index (χ0n) is 20.7. The second-order valence-electron chi connectivity index (χ2n) is 9.97. The SMILES string of the molecule is O=C(NCc1cccc(CN2CCCCC2)c1)C1CCCN(Cc2nc(-c3ccc(Cl)cc3)no2)C1. The number of piperidine rings is 2. The van der Waals surface area contributed by atoms with Crippen molar-refractivity contribution in [1.29, 1.82) is 0 Å². The van der Waals surface area contributed by atoms with Gasteiger partial charge in [0.2, 0.25) is 17.6 Å². The molecule has 3 aromatic rings. The Hall–Kier alpha value is -2.74. The summed E-state index contributed by atoms with van der Waals surface area (Å²) < 4.78 is 5.48. The number of carbonyl (C=O) groups excluding carboxylic acids is 1. The van der Waals surface area contributed by atoms with Crippen molar-refractivity contribution in [1.82, 2.24) is 25.3 Å². The van der Waals surface area contributed by atoms with Crippen LogP contribution in [0.25, 0.3) is 11.4 Å². The van der Waals surface area contributed by atoms with Crippen molar-refractivity contribution in [2.75, 3.05) is 26.2 Å². The van der Waals surface area contributed by atoms with Gasteiger partial charge in [0.1, 0.15) is 0 Å². The van der Waals surface area contributed by atoms with E-state index in [0.29, 0.717) is 36.4 Å². The minimum Gasteiger partial charge on any atom is -0.352 e. The molecule has 5 rings (SSSR count). The highest BCUT2D eigenvalue weighted by Gasteiger charge is 2.27. The van der Waals surface area contributed by atoms with Crippen LogP contribution < -0.4 is 5.32 Å². The van der Waals surface area contributed by atoms with Gasteiger partial charge in [-0.05, 0) is 80.7 Å². The lowest BCUT2D eigenvalue weighted by Gasteiger charge is -2.30. The predicted molar refractivity (Wildman–Crippen MR) is 140 cm³/mol. The number of carbonyl (C=O) groups is 1. The van der Waals surface area contributed by atoms with E-state index < -0.39 is 0 Å². The van der Waals surface area contributed by atoms with E-state index in [2.05, 4.69) is 49.5 Å². The van der Waals surface area contributed by atoms with Crippen LogP contribution in [0.5, 0.6) is 0 Å². The average Bonchev–Trinajstić information content (AvgIpc) is 3.37. The largest absolute Gasteiger partial charge is 0.352 e. The minimum atomic E-state index is -0.0334. The number of amides is 1. The lowest BCUT2D eigenvalue weighted by atomic mass is 9.97. The summed E-state index contributed by atoms with van der Waals surface area (Å²) in [6.07, 6.45) is 5.81. The summed E-state index contributed by atoms with van der Waals surface area (Å²) in [6, 6.07) is 16.0. The number of aromatic nitrogens is 2. The molecule has 0 aliphatic carbocycles. The molecular formula is C28H34ClN5O2. The molecule has 2 aliphatic rings. The van der Waals surface area contributed by atoms with Crippen molar-refractivity contribution < 1.29 is 9.32 Å². The van der Waals surface area contributed by atoms with Gasteiger partial charge in [0.05, 0.1) is 12.5 Å². The van der Waals surface area contributed by atoms with Gasteiger partial charge in [-0.3, -0.25) is 14.6 Å². The number of benzene rings is 2. The first-order valence-corrected chi connectivity index (χ1v) is 13.4. The normalized spacial score (nSPS) is 19.3. The van der Waals surface area contributed by atoms with Crippen LogP contribution in [0.2, 0.25) is 5.02 Å². The molecule has 1 unspecified atom stereocenters. The highest BCUT2D eigenvalue weighted by atomic mass is 35.5. The maximum Gasteiger partial charge on any atom is 0.241 e. The molecule has 0 bridgehead atoms. The van der Waals surface area contributed by atoms with Gasteiger partial charge in [-0.2, -0.15) is 4.98 Å². The van der Waals surface area contributed by atoms with E-state index in [1.807, 2.05) is 24.3 Å². The summed E-state index contributed by atoms with van der Waals surface area (Å²) in [7, 11) is 0. The lowest BCUT2D eigenvalue weighted by molar-refractivity contribution is -0.127. The Morgan fingerprint density at radius 3 is 2.58 bits per heavy atom. The van der Waals surface area contributed by atoms with Gasteiger partial charge in [-0.1, -0.05) is 47.4 Å². The quantitative estimate of drug-likeness (QED) is 0.467. The zero-order chi connectivity index (χ0) is 24.7. The molecule has 0 spiro atoms. The number of hydrogen-bond acceptors (Lipinski definition) is 6. The summed E-state index contributed by atoms with van der Waals surface area (Å²) in [5.74, 6) is 1.20. The molecule has 2 saturated heterocycles. The topological polar surface area (TPSA) is 74.5 Å². The van der Waals surface area contributed by atoms with Crippen molar-refractivity contribution in [3.05, 3.63) is 70.6 Å². The van der Waals surface area contributed by atoms with Crippen molar-refractivity contribution in [2.45, 2.75) is 51.7 Å². The molecule has 7 nitrogen and oxygen atoms in total. The Morgan fingerprint density at radius 1 is 0.972 bits per heavy atom. The fourth-order valence-electron chi connectivity index (χ4n) is 5.19. The van der Waals surface area contributed by atoms with Gasteiger partial charge < -0.3 is 9.84 Å². The molecule has 1 atom stereocenters. The Kier molecular flexibility index (Phi) is 8.31. The monoisotopic (exact) mass is 507 g/mol. The highest BCUT2D eigenvalue weighted by Crippen LogP contribution is 2.22. The molecule has 2 aromatic carbocycles. The Labute approximate surface area is 217 Å². The minimum absolute atomic E-state index is 0.0334. The molecule has 2 fully saturated rings. The maximum absolute atomic E-state index is 13.0. The van der Waals surface area contributed by atoms with Gasteiger partial charge >= 0.3 is 0 Å². The molecule has 1 amide bonds. The summed E-state index contributed by atoms with van der Waals surface area (Å²) in [5, 5.41) is 7.95. The van der Waals surface area contributed by atoms with Crippen LogP contribution in [0.3, 0.4) is 0 Å². The summed E-state index contributed by atoms with van der Waals surface area (Å²) in [5.41, 5.74) is 3.35. The third-order valence-corrected chi connectivity index (χ3v) is 7.37. The van der Waals surface area contributed by atoms with E-state index in [-0.39, 0.29) is 11.8 Å². The molecule has 2 aliphatic heterocycles. The van der Waals surface area contributed by atoms with Crippen molar-refractivity contribution in [3.63, 3.8) is 0 Å². The third-order valence-electron chi connectivity index (χ3n) is 7.12. The summed E-state index contributed by atoms with van der Waals surface area (Å²) in [4.78, 5) is 22.3. The number of nitrogens with one attached hydrogen (secondary N) is 1. The molecule has 3 heterocycles. The second kappa shape index (κ2) is 12.0. The second-order valence-corrected chi connectivity index (χ2v) is 10.4. The van der Waals surface area contributed by atoms with Gasteiger partial charge in [-0.25, -0.2) is 0 Å². The van der Waals surface area contributed by atoms with Crippen molar-refractivity contribution in [2.24, 2.45) is 5.92 Å². The van der Waals surface area contributed by atoms with Gasteiger partial charge in [0.25, 0.3) is 0 Å². The standard InChI is InChI=1S/C28H34ClN5O2/c29-25-11-9-23(10-12-25)27-31-26(36-32-27)20-34-15-5-8-24(19-34)28(35)30-17-21-6-4-7-22(16-21)18-33-13-2-1-3-14-33/h4,6-7,9-12,16,24H,1-3,5,8,13-15,17-20H2,(H,30,35). The smallest absolute Gasteiger partial charge is 0.241 e. The summed E-state index contributed by atoms with van der Waals surface area (Å²) >= 11 is 5.97. The first-order chi connectivity index (χ1) is 17.6. The fraction of sp³-hybridized carbons (Fsp3) is 0.464. The van der Waals surface area contributed by atoms with Gasteiger partial charge in [-0.15, -0.1) is 0 Å². The van der Waals surface area contributed by atoms with Crippen molar-refractivity contribution >= 4 is 17.5 Å². The predicted octanol–water partition coefficient (Wildman–Crippen LogP) is 4.90. The molecule has 0 radical (unpaired) electrons. The summed E-state index contributed by atoms with van der Waals surface area (Å²) in [6.45, 7) is 6.09. The highest BCUT2D eigenvalue weighted by molar-refractivity contribution is 6.30. The number of rotatable bonds is 8. The van der Waals surface area contributed by atoms with E-state index in [4.69, 9.17) is 16.1 Å². The number of hydrogen-bond donors (Lipinski definition) is 1. The Balaban J connectivity index is 1.11. The molecule has 0 saturated carbocycles. The first kappa shape index (κ1) is 24.9. The van der Waals surface area contributed by atoms with Crippen molar-refractivity contribution in [3.8, 4) is 11.4 Å². The fourth-order valence-corrected chi connectivity index (χ4v) is 5.31. The zero-order valence-corrected chi connectivity index (χ0v) is 21.4. The number of nitrogens with zero attached hydrogens (tertiary/aromatic N) is 4. The third kappa shape index (κ3) is 6.72. The molecule has 36 heavy (non-hydrogen) atoms. The van der Waals surface area contributed by atoms with Crippen LogP contribution in [0.4, 0.5) is 0 Å². The van der Waals surface area contributed by atoms with Crippen LogP contribution in [-0.2, 0) is 24.4 Å². The lowest BCUT2D eigenvalue weighted by Crippen LogP contribution is -2.42. The molecular weight excluding hydrogens is 474 g/mol. The average molecular weight is 508 g/mol. The van der Waals surface area contributed by atoms with Crippen LogP contribution >= 0.6 is 11.6 Å². The van der Waals surface area contributed by atoms with E-state index in [1.165, 1.54) is 37.9 Å².